The molecule has 2 amide bonds. The van der Waals surface area contributed by atoms with Crippen LogP contribution in [-0.2, 0) is 0 Å². The molecule has 0 atom stereocenters. The van der Waals surface area contributed by atoms with Crippen LogP contribution in [0.3, 0.4) is 0 Å². The summed E-state index contributed by atoms with van der Waals surface area (Å²) in [7, 11) is 0. The van der Waals surface area contributed by atoms with Crippen LogP contribution in [0, 0.1) is 0 Å². The van der Waals surface area contributed by atoms with Gasteiger partial charge in [0.15, 0.2) is 0 Å². The number of anilines is 1. The first kappa shape index (κ1) is 12.9. The molecule has 0 saturated heterocycles. The molecule has 0 spiro atoms. The quantitative estimate of drug-likeness (QED) is 0.826. The zero-order valence-electron chi connectivity index (χ0n) is 8.97. The van der Waals surface area contributed by atoms with Gasteiger partial charge in [0.05, 0.1) is 10.0 Å². The normalized spacial score (nSPS) is 9.50. The van der Waals surface area contributed by atoms with Crippen molar-refractivity contribution in [3.05, 3.63) is 40.0 Å². The van der Waals surface area contributed by atoms with E-state index in [0.717, 1.165) is 5.57 Å². The molecule has 0 radical (unpaired) electrons. The highest BCUT2D eigenvalue weighted by atomic mass is 35.5. The number of halogens is 2. The summed E-state index contributed by atoms with van der Waals surface area (Å²) in [5, 5.41) is 6.06. The number of hydrogen-bond acceptors (Lipinski definition) is 1. The third-order valence-electron chi connectivity index (χ3n) is 1.67. The van der Waals surface area contributed by atoms with Crippen LogP contribution in [0.4, 0.5) is 10.5 Å². The first-order chi connectivity index (χ1) is 7.49. The summed E-state index contributed by atoms with van der Waals surface area (Å²) < 4.78 is 0. The van der Waals surface area contributed by atoms with E-state index in [4.69, 9.17) is 23.2 Å². The van der Waals surface area contributed by atoms with Crippen molar-refractivity contribution >= 4 is 34.9 Å². The second-order valence-electron chi connectivity index (χ2n) is 3.45. The molecule has 1 aromatic carbocycles. The highest BCUT2D eigenvalue weighted by molar-refractivity contribution is 6.42. The van der Waals surface area contributed by atoms with Gasteiger partial charge in [0.25, 0.3) is 0 Å². The smallest absolute Gasteiger partial charge is 0.314 e. The third-order valence-corrected chi connectivity index (χ3v) is 2.41. The average molecular weight is 259 g/mol. The van der Waals surface area contributed by atoms with Gasteiger partial charge in [-0.25, -0.2) is 4.79 Å². The lowest BCUT2D eigenvalue weighted by molar-refractivity contribution is 0.255. The second-order valence-corrected chi connectivity index (χ2v) is 4.26. The molecule has 0 saturated carbocycles. The molecule has 0 bridgehead atoms. The van der Waals surface area contributed by atoms with E-state index in [-0.39, 0.29) is 6.03 Å². The van der Waals surface area contributed by atoms with Gasteiger partial charge in [-0.15, -0.1) is 0 Å². The van der Waals surface area contributed by atoms with Gasteiger partial charge in [-0.05, 0) is 32.0 Å². The number of allylic oxidation sites excluding steroid dienone is 1. The number of nitrogens with one attached hydrogen (secondary N) is 2. The van der Waals surface area contributed by atoms with E-state index in [1.807, 2.05) is 13.8 Å². The van der Waals surface area contributed by atoms with Crippen molar-refractivity contribution in [1.82, 2.24) is 5.32 Å². The van der Waals surface area contributed by atoms with Gasteiger partial charge < -0.3 is 10.6 Å². The zero-order valence-corrected chi connectivity index (χ0v) is 10.5. The van der Waals surface area contributed by atoms with E-state index in [9.17, 15) is 4.79 Å². The summed E-state index contributed by atoms with van der Waals surface area (Å²) in [4.78, 5) is 11.4. The topological polar surface area (TPSA) is 41.1 Å². The lowest BCUT2D eigenvalue weighted by Gasteiger charge is -2.05. The van der Waals surface area contributed by atoms with Crippen molar-refractivity contribution in [3.8, 4) is 0 Å². The van der Waals surface area contributed by atoms with Crippen LogP contribution >= 0.6 is 23.2 Å². The molecule has 86 valence electrons. The molecule has 1 aromatic rings. The molecule has 0 aliphatic heterocycles. The Morgan fingerprint density at radius 2 is 1.94 bits per heavy atom. The molecular formula is C11H12Cl2N2O. The number of benzene rings is 1. The molecule has 0 fully saturated rings. The average Bonchev–Trinajstić information content (AvgIpc) is 2.21. The van der Waals surface area contributed by atoms with Crippen LogP contribution in [0.5, 0.6) is 0 Å². The van der Waals surface area contributed by atoms with Crippen LogP contribution in [-0.4, -0.2) is 6.03 Å². The van der Waals surface area contributed by atoms with Gasteiger partial charge >= 0.3 is 6.03 Å². The number of rotatable bonds is 2. The maximum atomic E-state index is 11.4. The van der Waals surface area contributed by atoms with Crippen molar-refractivity contribution in [2.75, 3.05) is 5.32 Å². The van der Waals surface area contributed by atoms with Gasteiger partial charge in [0.1, 0.15) is 0 Å². The largest absolute Gasteiger partial charge is 0.323 e. The predicted octanol–water partition coefficient (Wildman–Crippen LogP) is 4.04. The van der Waals surface area contributed by atoms with Crippen LogP contribution < -0.4 is 10.6 Å². The maximum absolute atomic E-state index is 11.4. The fourth-order valence-corrected chi connectivity index (χ4v) is 1.25. The van der Waals surface area contributed by atoms with E-state index in [1.54, 1.807) is 24.4 Å². The molecule has 0 aromatic heterocycles. The van der Waals surface area contributed by atoms with Crippen molar-refractivity contribution < 1.29 is 4.79 Å². The number of carbonyl (C=O) groups is 1. The first-order valence-corrected chi connectivity index (χ1v) is 5.40. The van der Waals surface area contributed by atoms with E-state index in [2.05, 4.69) is 10.6 Å². The molecule has 0 heterocycles. The molecule has 3 nitrogen and oxygen atoms in total. The Morgan fingerprint density at radius 1 is 1.25 bits per heavy atom. The Kier molecular flexibility index (Phi) is 4.65. The molecule has 1 rings (SSSR count). The van der Waals surface area contributed by atoms with Gasteiger partial charge in [-0.1, -0.05) is 28.8 Å². The number of carbonyl (C=O) groups excluding carboxylic acids is 1. The minimum Gasteiger partial charge on any atom is -0.314 e. The lowest BCUT2D eigenvalue weighted by atomic mass is 10.3. The van der Waals surface area contributed by atoms with Crippen LogP contribution in [0.1, 0.15) is 13.8 Å². The molecule has 0 aliphatic carbocycles. The van der Waals surface area contributed by atoms with Gasteiger partial charge in [0.2, 0.25) is 0 Å². The Labute approximate surface area is 104 Å². The first-order valence-electron chi connectivity index (χ1n) is 4.65. The Morgan fingerprint density at radius 3 is 2.50 bits per heavy atom. The summed E-state index contributed by atoms with van der Waals surface area (Å²) in [6.45, 7) is 3.78. The maximum Gasteiger partial charge on any atom is 0.323 e. The highest BCUT2D eigenvalue weighted by Gasteiger charge is 2.02. The lowest BCUT2D eigenvalue weighted by Crippen LogP contribution is -2.24. The summed E-state index contributed by atoms with van der Waals surface area (Å²) in [6.07, 6.45) is 1.62. The molecular weight excluding hydrogens is 247 g/mol. The second kappa shape index (κ2) is 5.77. The van der Waals surface area contributed by atoms with E-state index in [1.165, 1.54) is 0 Å². The molecule has 0 aliphatic rings. The van der Waals surface area contributed by atoms with Crippen molar-refractivity contribution in [2.45, 2.75) is 13.8 Å². The monoisotopic (exact) mass is 258 g/mol. The minimum absolute atomic E-state index is 0.320. The third kappa shape index (κ3) is 4.13. The van der Waals surface area contributed by atoms with E-state index < -0.39 is 0 Å². The van der Waals surface area contributed by atoms with Gasteiger partial charge in [0, 0.05) is 11.9 Å². The van der Waals surface area contributed by atoms with Crippen LogP contribution in [0.25, 0.3) is 0 Å². The van der Waals surface area contributed by atoms with Crippen molar-refractivity contribution in [1.29, 1.82) is 0 Å². The van der Waals surface area contributed by atoms with Crippen LogP contribution in [0.15, 0.2) is 30.0 Å². The Bertz CT molecular complexity index is 426. The molecule has 16 heavy (non-hydrogen) atoms. The van der Waals surface area contributed by atoms with Crippen LogP contribution in [0.2, 0.25) is 10.0 Å². The Balaban J connectivity index is 2.63. The fourth-order valence-electron chi connectivity index (χ4n) is 0.951. The standard InChI is InChI=1S/C11H12Cl2N2O/c1-7(2)6-14-11(16)15-8-3-4-9(12)10(13)5-8/h3-6H,1-2H3,(H2,14,15,16). The van der Waals surface area contributed by atoms with Crippen molar-refractivity contribution in [2.24, 2.45) is 0 Å². The van der Waals surface area contributed by atoms with Crippen molar-refractivity contribution in [3.63, 3.8) is 0 Å². The summed E-state index contributed by atoms with van der Waals surface area (Å²) in [5.74, 6) is 0. The summed E-state index contributed by atoms with van der Waals surface area (Å²) >= 11 is 11.6. The Hall–Kier alpha value is -1.19. The van der Waals surface area contributed by atoms with Gasteiger partial charge in [-0.3, -0.25) is 0 Å². The molecule has 2 N–H and O–H groups in total. The summed E-state index contributed by atoms with van der Waals surface area (Å²) in [5.41, 5.74) is 1.60. The summed E-state index contributed by atoms with van der Waals surface area (Å²) in [6, 6.07) is 4.57. The van der Waals surface area contributed by atoms with E-state index in [0.29, 0.717) is 15.7 Å². The molecule has 5 heteroatoms. The zero-order chi connectivity index (χ0) is 12.1. The van der Waals surface area contributed by atoms with E-state index >= 15 is 0 Å². The number of amides is 2. The fraction of sp³-hybridized carbons (Fsp3) is 0.182. The SMILES string of the molecule is CC(C)=CNC(=O)Nc1ccc(Cl)c(Cl)c1. The number of hydrogen-bond donors (Lipinski definition) is 2. The molecule has 0 unspecified atom stereocenters. The number of urea groups is 1. The highest BCUT2D eigenvalue weighted by Crippen LogP contribution is 2.24. The minimum atomic E-state index is -0.320. The predicted molar refractivity (Wildman–Crippen MR) is 68.0 cm³/mol. The van der Waals surface area contributed by atoms with Gasteiger partial charge in [-0.2, -0.15) is 0 Å².